The molecule has 0 saturated heterocycles. The van der Waals surface area contributed by atoms with Gasteiger partial charge in [-0.3, -0.25) is 4.79 Å². The van der Waals surface area contributed by atoms with Crippen LogP contribution in [0.3, 0.4) is 0 Å². The zero-order valence-electron chi connectivity index (χ0n) is 11.7. The summed E-state index contributed by atoms with van der Waals surface area (Å²) in [4.78, 5) is 14.6. The summed E-state index contributed by atoms with van der Waals surface area (Å²) in [6.45, 7) is 2.35. The minimum Gasteiger partial charge on any atom is -0.393 e. The first kappa shape index (κ1) is 15.2. The summed E-state index contributed by atoms with van der Waals surface area (Å²) in [6, 6.07) is 6.23. The van der Waals surface area contributed by atoms with E-state index in [0.29, 0.717) is 11.4 Å². The van der Waals surface area contributed by atoms with Gasteiger partial charge in [0.2, 0.25) is 0 Å². The molecular weight excluding hydrogens is 283 g/mol. The first-order chi connectivity index (χ1) is 9.70. The quantitative estimate of drug-likeness (QED) is 0.913. The van der Waals surface area contributed by atoms with Gasteiger partial charge >= 0.3 is 6.18 Å². The number of carbonyl (C=O) groups is 1. The Hall–Kier alpha value is -2.18. The van der Waals surface area contributed by atoms with E-state index in [4.69, 9.17) is 5.73 Å². The third-order valence-electron chi connectivity index (χ3n) is 3.08. The van der Waals surface area contributed by atoms with E-state index in [-0.39, 0.29) is 11.7 Å². The van der Waals surface area contributed by atoms with Crippen molar-refractivity contribution in [2.75, 3.05) is 16.3 Å². The molecule has 1 aromatic rings. The molecule has 0 spiro atoms. The number of hydrogen-bond acceptors (Lipinski definition) is 3. The van der Waals surface area contributed by atoms with Crippen molar-refractivity contribution in [3.63, 3.8) is 0 Å². The standard InChI is InChI=1S/C14H16F3N3O/c1-9(2)20-12-6-4-3-5-11(12)19(8-14(15,16)17)7-10(18)13(20)21/h3-7,9H,8,18H2,1-2H3. The Morgan fingerprint density at radius 1 is 1.19 bits per heavy atom. The molecule has 1 aliphatic rings. The van der Waals surface area contributed by atoms with Crippen LogP contribution in [-0.4, -0.2) is 24.7 Å². The second-order valence-electron chi connectivity index (χ2n) is 5.09. The molecule has 0 unspecified atom stereocenters. The molecule has 2 rings (SSSR count). The van der Waals surface area contributed by atoms with Crippen molar-refractivity contribution in [1.82, 2.24) is 0 Å². The van der Waals surface area contributed by atoms with Gasteiger partial charge in [-0.15, -0.1) is 0 Å². The number of alkyl halides is 3. The number of para-hydroxylation sites is 2. The molecule has 1 amide bonds. The second-order valence-corrected chi connectivity index (χ2v) is 5.09. The first-order valence-electron chi connectivity index (χ1n) is 6.44. The number of hydrogen-bond donors (Lipinski definition) is 1. The molecule has 0 bridgehead atoms. The molecule has 0 saturated carbocycles. The summed E-state index contributed by atoms with van der Waals surface area (Å²) >= 11 is 0. The highest BCUT2D eigenvalue weighted by molar-refractivity contribution is 6.08. The molecule has 7 heteroatoms. The Labute approximate surface area is 120 Å². The number of fused-ring (bicyclic) bond motifs is 1. The van der Waals surface area contributed by atoms with Crippen LogP contribution < -0.4 is 15.5 Å². The van der Waals surface area contributed by atoms with Crippen molar-refractivity contribution in [3.05, 3.63) is 36.2 Å². The molecule has 21 heavy (non-hydrogen) atoms. The van der Waals surface area contributed by atoms with Crippen molar-refractivity contribution in [2.45, 2.75) is 26.1 Å². The van der Waals surface area contributed by atoms with Crippen LogP contribution in [0.5, 0.6) is 0 Å². The lowest BCUT2D eigenvalue weighted by molar-refractivity contribution is -0.119. The SMILES string of the molecule is CC(C)N1C(=O)C(N)=CN(CC(F)(F)F)c2ccccc21. The predicted octanol–water partition coefficient (Wildman–Crippen LogP) is 2.61. The van der Waals surface area contributed by atoms with Gasteiger partial charge in [0.05, 0.1) is 11.4 Å². The molecule has 114 valence electrons. The van der Waals surface area contributed by atoms with Crippen molar-refractivity contribution in [3.8, 4) is 0 Å². The van der Waals surface area contributed by atoms with Gasteiger partial charge < -0.3 is 15.5 Å². The zero-order valence-corrected chi connectivity index (χ0v) is 11.7. The summed E-state index contributed by atoms with van der Waals surface area (Å²) in [5.74, 6) is -0.498. The Bertz CT molecular complexity index is 581. The average Bonchev–Trinajstić information content (AvgIpc) is 2.45. The molecular formula is C14H16F3N3O. The number of halogens is 3. The molecule has 0 aromatic heterocycles. The molecule has 0 radical (unpaired) electrons. The number of nitrogens with two attached hydrogens (primary N) is 1. The van der Waals surface area contributed by atoms with Gasteiger partial charge in [-0.1, -0.05) is 12.1 Å². The topological polar surface area (TPSA) is 49.6 Å². The summed E-state index contributed by atoms with van der Waals surface area (Å²) < 4.78 is 38.2. The molecule has 1 aromatic carbocycles. The summed E-state index contributed by atoms with van der Waals surface area (Å²) in [5.41, 5.74) is 6.16. The van der Waals surface area contributed by atoms with E-state index in [2.05, 4.69) is 0 Å². The van der Waals surface area contributed by atoms with E-state index in [1.165, 1.54) is 4.90 Å². The number of carbonyl (C=O) groups excluding carboxylic acids is 1. The van der Waals surface area contributed by atoms with Crippen molar-refractivity contribution in [1.29, 1.82) is 0 Å². The predicted molar refractivity (Wildman–Crippen MR) is 74.7 cm³/mol. The molecule has 0 atom stereocenters. The maximum Gasteiger partial charge on any atom is 0.406 e. The zero-order chi connectivity index (χ0) is 15.8. The maximum atomic E-state index is 12.7. The van der Waals surface area contributed by atoms with Crippen LogP contribution in [0.15, 0.2) is 36.2 Å². The smallest absolute Gasteiger partial charge is 0.393 e. The van der Waals surface area contributed by atoms with Gasteiger partial charge in [0.1, 0.15) is 12.2 Å². The van der Waals surface area contributed by atoms with Gasteiger partial charge in [0.15, 0.2) is 0 Å². The highest BCUT2D eigenvalue weighted by Crippen LogP contribution is 2.35. The van der Waals surface area contributed by atoms with E-state index in [0.717, 1.165) is 11.1 Å². The van der Waals surface area contributed by atoms with Crippen LogP contribution in [0.4, 0.5) is 24.5 Å². The van der Waals surface area contributed by atoms with E-state index in [1.54, 1.807) is 38.1 Å². The van der Waals surface area contributed by atoms with Gasteiger partial charge in [-0.05, 0) is 26.0 Å². The van der Waals surface area contributed by atoms with Crippen LogP contribution >= 0.6 is 0 Å². The number of anilines is 2. The van der Waals surface area contributed by atoms with Crippen molar-refractivity contribution >= 4 is 17.3 Å². The molecule has 0 aliphatic carbocycles. The van der Waals surface area contributed by atoms with Crippen LogP contribution in [-0.2, 0) is 4.79 Å². The normalized spacial score (nSPS) is 15.9. The van der Waals surface area contributed by atoms with Gasteiger partial charge in [-0.25, -0.2) is 0 Å². The number of nitrogens with zero attached hydrogens (tertiary/aromatic N) is 2. The lowest BCUT2D eigenvalue weighted by Crippen LogP contribution is -2.39. The fraction of sp³-hybridized carbons (Fsp3) is 0.357. The van der Waals surface area contributed by atoms with E-state index in [9.17, 15) is 18.0 Å². The average molecular weight is 299 g/mol. The van der Waals surface area contributed by atoms with Gasteiger partial charge in [0, 0.05) is 12.2 Å². The van der Waals surface area contributed by atoms with E-state index in [1.807, 2.05) is 0 Å². The highest BCUT2D eigenvalue weighted by Gasteiger charge is 2.35. The fourth-order valence-electron chi connectivity index (χ4n) is 2.29. The van der Waals surface area contributed by atoms with Crippen molar-refractivity contribution < 1.29 is 18.0 Å². The van der Waals surface area contributed by atoms with E-state index < -0.39 is 18.6 Å². The van der Waals surface area contributed by atoms with Gasteiger partial charge in [0.25, 0.3) is 5.91 Å². The summed E-state index contributed by atoms with van der Waals surface area (Å²) in [5, 5.41) is 0. The minimum absolute atomic E-state index is 0.218. The number of rotatable bonds is 2. The third-order valence-corrected chi connectivity index (χ3v) is 3.08. The largest absolute Gasteiger partial charge is 0.406 e. The molecule has 0 fully saturated rings. The number of amides is 1. The molecule has 4 nitrogen and oxygen atoms in total. The minimum atomic E-state index is -4.40. The Kier molecular flexibility index (Phi) is 3.85. The monoisotopic (exact) mass is 299 g/mol. The Morgan fingerprint density at radius 3 is 2.29 bits per heavy atom. The fourth-order valence-corrected chi connectivity index (χ4v) is 2.29. The van der Waals surface area contributed by atoms with Crippen LogP contribution in [0.2, 0.25) is 0 Å². The second kappa shape index (κ2) is 5.31. The molecule has 1 aliphatic heterocycles. The maximum absolute atomic E-state index is 12.7. The van der Waals surface area contributed by atoms with Crippen LogP contribution in [0.25, 0.3) is 0 Å². The number of benzene rings is 1. The van der Waals surface area contributed by atoms with Crippen LogP contribution in [0.1, 0.15) is 13.8 Å². The third kappa shape index (κ3) is 3.12. The van der Waals surface area contributed by atoms with Crippen molar-refractivity contribution in [2.24, 2.45) is 5.73 Å². The Morgan fingerprint density at radius 2 is 1.76 bits per heavy atom. The molecule has 1 heterocycles. The van der Waals surface area contributed by atoms with Crippen LogP contribution in [0, 0.1) is 0 Å². The van der Waals surface area contributed by atoms with Gasteiger partial charge in [-0.2, -0.15) is 13.2 Å². The lowest BCUT2D eigenvalue weighted by Gasteiger charge is -2.29. The molecule has 2 N–H and O–H groups in total. The first-order valence-corrected chi connectivity index (χ1v) is 6.44. The Balaban J connectivity index is 2.58. The lowest BCUT2D eigenvalue weighted by atomic mass is 10.2. The highest BCUT2D eigenvalue weighted by atomic mass is 19.4. The summed E-state index contributed by atoms with van der Waals surface area (Å²) in [6.07, 6.45) is -3.35. The summed E-state index contributed by atoms with van der Waals surface area (Å²) in [7, 11) is 0. The van der Waals surface area contributed by atoms with E-state index >= 15 is 0 Å².